The van der Waals surface area contributed by atoms with Gasteiger partial charge in [-0.2, -0.15) is 0 Å². The predicted molar refractivity (Wildman–Crippen MR) is 117 cm³/mol. The molecular weight excluding hydrogens is 411 g/mol. The molecule has 2 aliphatic rings. The van der Waals surface area contributed by atoms with Crippen LogP contribution in [0.3, 0.4) is 0 Å². The van der Waals surface area contributed by atoms with Gasteiger partial charge < -0.3 is 19.2 Å². The van der Waals surface area contributed by atoms with Crippen molar-refractivity contribution in [3.8, 4) is 11.5 Å². The topological polar surface area (TPSA) is 73.6 Å². The third-order valence-corrected chi connectivity index (χ3v) is 6.55. The van der Waals surface area contributed by atoms with Crippen molar-refractivity contribution in [1.29, 1.82) is 0 Å². The van der Waals surface area contributed by atoms with Crippen LogP contribution in [0.2, 0.25) is 0 Å². The van der Waals surface area contributed by atoms with Gasteiger partial charge in [0.2, 0.25) is 5.91 Å². The number of benzene rings is 2. The largest absolute Gasteiger partial charge is 0.493 e. The summed E-state index contributed by atoms with van der Waals surface area (Å²) in [5.41, 5.74) is 1.71. The number of hydrogen-bond acceptors (Lipinski definition) is 5. The number of nitrogens with one attached hydrogen (secondary N) is 1. The predicted octanol–water partition coefficient (Wildman–Crippen LogP) is 4.76. The van der Waals surface area contributed by atoms with E-state index in [-0.39, 0.29) is 29.4 Å². The summed E-state index contributed by atoms with van der Waals surface area (Å²) < 4.78 is 31.4. The van der Waals surface area contributed by atoms with Crippen molar-refractivity contribution in [2.24, 2.45) is 5.92 Å². The van der Waals surface area contributed by atoms with E-state index >= 15 is 0 Å². The van der Waals surface area contributed by atoms with Crippen LogP contribution in [-0.2, 0) is 11.2 Å². The molecule has 0 bridgehead atoms. The van der Waals surface area contributed by atoms with Crippen molar-refractivity contribution >= 4 is 17.0 Å². The highest BCUT2D eigenvalue weighted by Gasteiger charge is 2.31. The molecule has 1 N–H and O–H groups in total. The molecule has 7 heteroatoms. The molecule has 1 aromatic heterocycles. The van der Waals surface area contributed by atoms with Crippen LogP contribution in [-0.4, -0.2) is 30.6 Å². The van der Waals surface area contributed by atoms with Crippen LogP contribution in [0.4, 0.5) is 4.39 Å². The van der Waals surface area contributed by atoms with E-state index in [4.69, 9.17) is 13.9 Å². The van der Waals surface area contributed by atoms with Gasteiger partial charge in [0.15, 0.2) is 28.8 Å². The summed E-state index contributed by atoms with van der Waals surface area (Å²) in [5.74, 6) is 1.26. The molecule has 0 unspecified atom stereocenters. The first-order valence-electron chi connectivity index (χ1n) is 11.3. The minimum Gasteiger partial charge on any atom is -0.493 e. The molecule has 32 heavy (non-hydrogen) atoms. The van der Waals surface area contributed by atoms with Crippen molar-refractivity contribution in [1.82, 2.24) is 10.3 Å². The summed E-state index contributed by atoms with van der Waals surface area (Å²) >= 11 is 0. The molecule has 1 aliphatic carbocycles. The molecule has 168 valence electrons. The minimum absolute atomic E-state index is 0.0279. The quantitative estimate of drug-likeness (QED) is 0.601. The van der Waals surface area contributed by atoms with E-state index in [1.807, 2.05) is 18.2 Å². The summed E-state index contributed by atoms with van der Waals surface area (Å²) in [6, 6.07) is 10.6. The number of aromatic nitrogens is 1. The Hall–Kier alpha value is -3.09. The lowest BCUT2D eigenvalue weighted by Crippen LogP contribution is -2.41. The second-order valence-electron chi connectivity index (χ2n) is 8.71. The molecule has 1 aliphatic heterocycles. The van der Waals surface area contributed by atoms with Crippen LogP contribution in [0.1, 0.15) is 49.5 Å². The lowest BCUT2D eigenvalue weighted by molar-refractivity contribution is -0.127. The van der Waals surface area contributed by atoms with Gasteiger partial charge in [0, 0.05) is 24.8 Å². The lowest BCUT2D eigenvalue weighted by Gasteiger charge is -2.29. The first-order chi connectivity index (χ1) is 15.6. The van der Waals surface area contributed by atoms with Crippen LogP contribution < -0.4 is 14.8 Å². The summed E-state index contributed by atoms with van der Waals surface area (Å²) in [4.78, 5) is 16.8. The molecule has 6 nitrogen and oxygen atoms in total. The number of rotatable bonds is 6. The van der Waals surface area contributed by atoms with Gasteiger partial charge in [0.25, 0.3) is 0 Å². The van der Waals surface area contributed by atoms with Gasteiger partial charge in [-0.1, -0.05) is 12.1 Å². The van der Waals surface area contributed by atoms with E-state index in [0.717, 1.165) is 29.9 Å². The molecule has 2 atom stereocenters. The van der Waals surface area contributed by atoms with Gasteiger partial charge in [-0.15, -0.1) is 0 Å². The molecule has 0 radical (unpaired) electrons. The summed E-state index contributed by atoms with van der Waals surface area (Å²) in [6.45, 7) is 0.562. The fourth-order valence-electron chi connectivity index (χ4n) is 4.82. The summed E-state index contributed by atoms with van der Waals surface area (Å²) in [6.07, 6.45) is 5.75. The minimum atomic E-state index is -0.420. The maximum absolute atomic E-state index is 14.0. The molecule has 2 aromatic carbocycles. The zero-order valence-corrected chi connectivity index (χ0v) is 18.1. The molecule has 2 heterocycles. The Morgan fingerprint density at radius 3 is 2.81 bits per heavy atom. The molecular formula is C25H27FN2O4. The highest BCUT2D eigenvalue weighted by Crippen LogP contribution is 2.37. The van der Waals surface area contributed by atoms with Gasteiger partial charge in [0.1, 0.15) is 5.52 Å². The Kier molecular flexibility index (Phi) is 5.72. The molecule has 1 saturated carbocycles. The summed E-state index contributed by atoms with van der Waals surface area (Å²) in [7, 11) is 1.65. The number of halogens is 1. The van der Waals surface area contributed by atoms with Gasteiger partial charge in [-0.05, 0) is 61.9 Å². The van der Waals surface area contributed by atoms with Crippen molar-refractivity contribution in [2.45, 2.75) is 50.5 Å². The normalized spacial score (nSPS) is 21.6. The second-order valence-corrected chi connectivity index (χ2v) is 8.71. The molecule has 3 aromatic rings. The number of methoxy groups -OCH3 is 1. The van der Waals surface area contributed by atoms with Gasteiger partial charge in [-0.3, -0.25) is 4.79 Å². The smallest absolute Gasteiger partial charge is 0.223 e. The van der Waals surface area contributed by atoms with Crippen molar-refractivity contribution in [3.63, 3.8) is 0 Å². The zero-order chi connectivity index (χ0) is 22.1. The number of carbonyl (C=O) groups excluding carboxylic acids is 1. The van der Waals surface area contributed by atoms with Crippen molar-refractivity contribution in [3.05, 3.63) is 53.7 Å². The van der Waals surface area contributed by atoms with E-state index in [2.05, 4.69) is 10.3 Å². The number of oxazole rings is 1. The van der Waals surface area contributed by atoms with E-state index in [9.17, 15) is 9.18 Å². The monoisotopic (exact) mass is 438 g/mol. The number of fused-ring (bicyclic) bond motifs is 1. The Bertz CT molecular complexity index is 1120. The van der Waals surface area contributed by atoms with Crippen LogP contribution in [0.5, 0.6) is 11.5 Å². The number of para-hydroxylation sites is 1. The van der Waals surface area contributed by atoms with Crippen molar-refractivity contribution in [2.75, 3.05) is 13.7 Å². The first-order valence-corrected chi connectivity index (χ1v) is 11.3. The maximum Gasteiger partial charge on any atom is 0.223 e. The number of piperidine rings is 1. The van der Waals surface area contributed by atoms with E-state index in [1.165, 1.54) is 18.9 Å². The van der Waals surface area contributed by atoms with Crippen LogP contribution >= 0.6 is 0 Å². The number of nitrogens with zero attached hydrogens (tertiary/aromatic N) is 1. The number of ether oxygens (including phenoxy) is 2. The Balaban J connectivity index is 1.34. The number of hydrogen-bond donors (Lipinski definition) is 1. The van der Waals surface area contributed by atoms with E-state index in [1.54, 1.807) is 19.2 Å². The first kappa shape index (κ1) is 20.8. The van der Waals surface area contributed by atoms with Gasteiger partial charge in [-0.25, -0.2) is 9.37 Å². The van der Waals surface area contributed by atoms with Gasteiger partial charge in [0.05, 0.1) is 13.2 Å². The zero-order valence-electron chi connectivity index (χ0n) is 18.1. The van der Waals surface area contributed by atoms with E-state index < -0.39 is 5.82 Å². The Morgan fingerprint density at radius 2 is 2.03 bits per heavy atom. The molecule has 1 amide bonds. The Morgan fingerprint density at radius 1 is 1.19 bits per heavy atom. The average Bonchev–Trinajstić information content (AvgIpc) is 3.45. The van der Waals surface area contributed by atoms with Crippen LogP contribution in [0, 0.1) is 11.7 Å². The standard InChI is InChI=1S/C25H27FN2O4/c1-30-20-10-9-15(12-22(20)31-18-5-2-3-6-18)17-11-16(25(29)27-14-17)13-23-28-24-19(26)7-4-8-21(24)32-23/h4,7-10,12,16-18H,2-3,5-6,11,13-14H2,1H3,(H,27,29)/t16-,17-/m1/s1. The highest BCUT2D eigenvalue weighted by molar-refractivity contribution is 5.80. The molecule has 1 saturated heterocycles. The maximum atomic E-state index is 14.0. The van der Waals surface area contributed by atoms with Crippen LogP contribution in [0.25, 0.3) is 11.1 Å². The average molecular weight is 438 g/mol. The third kappa shape index (κ3) is 4.16. The number of carbonyl (C=O) groups is 1. The van der Waals surface area contributed by atoms with Crippen LogP contribution in [0.15, 0.2) is 40.8 Å². The Labute approximate surface area is 186 Å². The van der Waals surface area contributed by atoms with Crippen molar-refractivity contribution < 1.29 is 23.1 Å². The van der Waals surface area contributed by atoms with Gasteiger partial charge >= 0.3 is 0 Å². The van der Waals surface area contributed by atoms with E-state index in [0.29, 0.717) is 30.9 Å². The highest BCUT2D eigenvalue weighted by atomic mass is 19.1. The second kappa shape index (κ2) is 8.81. The SMILES string of the molecule is COc1ccc([C@H]2CNC(=O)[C@@H](Cc3nc4c(F)cccc4o3)C2)cc1OC1CCCC1. The molecule has 2 fully saturated rings. The lowest BCUT2D eigenvalue weighted by atomic mass is 9.83. The molecule has 0 spiro atoms. The molecule has 5 rings (SSSR count). The fraction of sp³-hybridized carbons (Fsp3) is 0.440. The third-order valence-electron chi connectivity index (χ3n) is 6.55. The fourth-order valence-corrected chi connectivity index (χ4v) is 4.82. The summed E-state index contributed by atoms with van der Waals surface area (Å²) in [5, 5.41) is 3.01. The number of amides is 1.